The van der Waals surface area contributed by atoms with E-state index in [1.165, 1.54) is 12.8 Å². The molecule has 2 N–H and O–H groups in total. The molecule has 1 aliphatic carbocycles. The minimum absolute atomic E-state index is 0.145. The summed E-state index contributed by atoms with van der Waals surface area (Å²) in [5.74, 6) is 1.47. The second-order valence-electron chi connectivity index (χ2n) is 4.72. The first-order valence-electron chi connectivity index (χ1n) is 6.30. The number of rotatable bonds is 6. The van der Waals surface area contributed by atoms with Crippen molar-refractivity contribution in [3.05, 3.63) is 0 Å². The van der Waals surface area contributed by atoms with Gasteiger partial charge in [-0.25, -0.2) is 0 Å². The predicted octanol–water partition coefficient (Wildman–Crippen LogP) is 1.68. The summed E-state index contributed by atoms with van der Waals surface area (Å²) in [4.78, 5) is 0. The Bertz CT molecular complexity index is 223. The van der Waals surface area contributed by atoms with Gasteiger partial charge >= 0.3 is 0 Å². The van der Waals surface area contributed by atoms with Gasteiger partial charge in [0.05, 0.1) is 5.25 Å². The Morgan fingerprint density at radius 1 is 1.44 bits per heavy atom. The SMILES string of the molecule is CCC1CCC(N)C(S(=O)CCCOC)C1. The van der Waals surface area contributed by atoms with E-state index in [2.05, 4.69) is 6.92 Å². The molecule has 3 nitrogen and oxygen atoms in total. The van der Waals surface area contributed by atoms with Crippen LogP contribution in [0.3, 0.4) is 0 Å². The van der Waals surface area contributed by atoms with Crippen LogP contribution in [-0.4, -0.2) is 35.0 Å². The van der Waals surface area contributed by atoms with E-state index in [0.29, 0.717) is 6.61 Å². The van der Waals surface area contributed by atoms with Crippen LogP contribution < -0.4 is 5.73 Å². The van der Waals surface area contributed by atoms with Crippen molar-refractivity contribution >= 4 is 10.8 Å². The van der Waals surface area contributed by atoms with Crippen molar-refractivity contribution in [2.75, 3.05) is 19.5 Å². The molecule has 0 aromatic heterocycles. The third kappa shape index (κ3) is 4.15. The third-order valence-corrected chi connectivity index (χ3v) is 5.47. The van der Waals surface area contributed by atoms with Crippen LogP contribution in [0.2, 0.25) is 0 Å². The average molecular weight is 247 g/mol. The highest BCUT2D eigenvalue weighted by Gasteiger charge is 2.31. The van der Waals surface area contributed by atoms with E-state index < -0.39 is 10.8 Å². The Morgan fingerprint density at radius 3 is 2.81 bits per heavy atom. The molecule has 0 bridgehead atoms. The van der Waals surface area contributed by atoms with Gasteiger partial charge in [0.15, 0.2) is 0 Å². The maximum absolute atomic E-state index is 12.1. The van der Waals surface area contributed by atoms with E-state index in [1.807, 2.05) is 0 Å². The van der Waals surface area contributed by atoms with Gasteiger partial charge in [-0.05, 0) is 31.6 Å². The van der Waals surface area contributed by atoms with E-state index >= 15 is 0 Å². The lowest BCUT2D eigenvalue weighted by molar-refractivity contribution is 0.199. The van der Waals surface area contributed by atoms with Gasteiger partial charge in [-0.2, -0.15) is 0 Å². The average Bonchev–Trinajstić information content (AvgIpc) is 2.30. The highest BCUT2D eigenvalue weighted by atomic mass is 32.2. The Balaban J connectivity index is 2.39. The van der Waals surface area contributed by atoms with Gasteiger partial charge in [0.25, 0.3) is 0 Å². The Hall–Kier alpha value is 0.0700. The molecule has 1 rings (SSSR count). The van der Waals surface area contributed by atoms with Gasteiger partial charge in [0.1, 0.15) is 0 Å². The van der Waals surface area contributed by atoms with Crippen LogP contribution in [-0.2, 0) is 15.5 Å². The molecular weight excluding hydrogens is 222 g/mol. The van der Waals surface area contributed by atoms with E-state index in [0.717, 1.165) is 30.9 Å². The molecule has 0 spiro atoms. The predicted molar refractivity (Wildman–Crippen MR) is 68.9 cm³/mol. The maximum Gasteiger partial charge on any atom is 0.0501 e. The van der Waals surface area contributed by atoms with Crippen molar-refractivity contribution in [2.45, 2.75) is 50.3 Å². The van der Waals surface area contributed by atoms with Crippen molar-refractivity contribution in [3.8, 4) is 0 Å². The summed E-state index contributed by atoms with van der Waals surface area (Å²) in [5.41, 5.74) is 6.08. The lowest BCUT2D eigenvalue weighted by atomic mass is 9.84. The lowest BCUT2D eigenvalue weighted by Gasteiger charge is -2.33. The molecule has 1 aliphatic rings. The molecule has 4 heteroatoms. The number of ether oxygens (including phenoxy) is 1. The molecule has 96 valence electrons. The van der Waals surface area contributed by atoms with Crippen LogP contribution in [0.15, 0.2) is 0 Å². The van der Waals surface area contributed by atoms with Crippen molar-refractivity contribution in [1.82, 2.24) is 0 Å². The van der Waals surface area contributed by atoms with Crippen LogP contribution >= 0.6 is 0 Å². The zero-order valence-corrected chi connectivity index (χ0v) is 11.3. The minimum atomic E-state index is -0.765. The first-order valence-corrected chi connectivity index (χ1v) is 7.69. The minimum Gasteiger partial charge on any atom is -0.385 e. The fourth-order valence-corrected chi connectivity index (χ4v) is 4.12. The summed E-state index contributed by atoms with van der Waals surface area (Å²) < 4.78 is 17.1. The molecule has 0 aromatic carbocycles. The van der Waals surface area contributed by atoms with E-state index in [4.69, 9.17) is 10.5 Å². The number of methoxy groups -OCH3 is 1. The fraction of sp³-hybridized carbons (Fsp3) is 1.00. The second kappa shape index (κ2) is 7.41. The van der Waals surface area contributed by atoms with Gasteiger partial charge in [-0.1, -0.05) is 13.3 Å². The third-order valence-electron chi connectivity index (χ3n) is 3.56. The van der Waals surface area contributed by atoms with Gasteiger partial charge in [-0.3, -0.25) is 4.21 Å². The highest BCUT2D eigenvalue weighted by molar-refractivity contribution is 7.85. The summed E-state index contributed by atoms with van der Waals surface area (Å²) in [7, 11) is 0.918. The molecule has 4 unspecified atom stereocenters. The number of hydrogen-bond acceptors (Lipinski definition) is 3. The maximum atomic E-state index is 12.1. The molecule has 1 saturated carbocycles. The summed E-state index contributed by atoms with van der Waals surface area (Å²) in [6, 6.07) is 0.145. The van der Waals surface area contributed by atoms with Crippen molar-refractivity contribution in [1.29, 1.82) is 0 Å². The van der Waals surface area contributed by atoms with Gasteiger partial charge in [0, 0.05) is 36.3 Å². The fourth-order valence-electron chi connectivity index (χ4n) is 2.41. The molecular formula is C12H25NO2S. The standard InChI is InChI=1S/C12H25NO2S/c1-3-10-5-6-11(13)12(9-10)16(14)8-4-7-15-2/h10-12H,3-9,13H2,1-2H3. The van der Waals surface area contributed by atoms with Crippen LogP contribution in [0.25, 0.3) is 0 Å². The molecule has 16 heavy (non-hydrogen) atoms. The Labute approximate surface area is 102 Å². The summed E-state index contributed by atoms with van der Waals surface area (Å²) >= 11 is 0. The summed E-state index contributed by atoms with van der Waals surface area (Å²) in [6.07, 6.45) is 5.38. The quantitative estimate of drug-likeness (QED) is 0.727. The topological polar surface area (TPSA) is 52.3 Å². The molecule has 1 fully saturated rings. The van der Waals surface area contributed by atoms with Crippen LogP contribution in [0.1, 0.15) is 39.0 Å². The molecule has 4 atom stereocenters. The number of hydrogen-bond donors (Lipinski definition) is 1. The first-order chi connectivity index (χ1) is 7.69. The Kier molecular flexibility index (Phi) is 6.54. The zero-order valence-electron chi connectivity index (χ0n) is 10.5. The molecule has 0 aliphatic heterocycles. The molecule has 0 radical (unpaired) electrons. The van der Waals surface area contributed by atoms with Crippen LogP contribution in [0.5, 0.6) is 0 Å². The lowest BCUT2D eigenvalue weighted by Crippen LogP contribution is -2.43. The van der Waals surface area contributed by atoms with Crippen molar-refractivity contribution in [3.63, 3.8) is 0 Å². The molecule has 0 saturated heterocycles. The molecule has 0 aromatic rings. The van der Waals surface area contributed by atoms with Crippen LogP contribution in [0.4, 0.5) is 0 Å². The van der Waals surface area contributed by atoms with Gasteiger partial charge in [0.2, 0.25) is 0 Å². The smallest absolute Gasteiger partial charge is 0.0501 e. The van der Waals surface area contributed by atoms with Gasteiger partial charge < -0.3 is 10.5 Å². The monoisotopic (exact) mass is 247 g/mol. The Morgan fingerprint density at radius 2 is 2.19 bits per heavy atom. The normalized spacial score (nSPS) is 32.6. The second-order valence-corrected chi connectivity index (χ2v) is 6.50. The summed E-state index contributed by atoms with van der Waals surface area (Å²) in [6.45, 7) is 2.91. The van der Waals surface area contributed by atoms with Crippen molar-refractivity contribution in [2.24, 2.45) is 11.7 Å². The largest absolute Gasteiger partial charge is 0.385 e. The van der Waals surface area contributed by atoms with Gasteiger partial charge in [-0.15, -0.1) is 0 Å². The summed E-state index contributed by atoms with van der Waals surface area (Å²) in [5, 5.41) is 0.218. The molecule has 0 heterocycles. The van der Waals surface area contributed by atoms with E-state index in [-0.39, 0.29) is 11.3 Å². The highest BCUT2D eigenvalue weighted by Crippen LogP contribution is 2.29. The van der Waals surface area contributed by atoms with Crippen LogP contribution in [0, 0.1) is 5.92 Å². The number of nitrogens with two attached hydrogens (primary N) is 1. The zero-order chi connectivity index (χ0) is 12.0. The van der Waals surface area contributed by atoms with E-state index in [1.54, 1.807) is 7.11 Å². The molecule has 0 amide bonds. The first kappa shape index (κ1) is 14.1. The van der Waals surface area contributed by atoms with Crippen molar-refractivity contribution < 1.29 is 8.95 Å². The van der Waals surface area contributed by atoms with E-state index in [9.17, 15) is 4.21 Å².